The number of methoxy groups -OCH3 is 1. The van der Waals surface area contributed by atoms with Gasteiger partial charge in [0.2, 0.25) is 0 Å². The van der Waals surface area contributed by atoms with Gasteiger partial charge in [-0.1, -0.05) is 5.73 Å². The molecule has 1 aliphatic carbocycles. The molecule has 0 spiro atoms. The van der Waals surface area contributed by atoms with E-state index in [4.69, 9.17) is 9.47 Å². The molecule has 0 heterocycles. The molecule has 1 rings (SSSR count). The zero-order chi connectivity index (χ0) is 10.6. The summed E-state index contributed by atoms with van der Waals surface area (Å²) in [5, 5.41) is 0. The van der Waals surface area contributed by atoms with E-state index in [0.29, 0.717) is 18.0 Å². The Kier molecular flexibility index (Phi) is 3.40. The Bertz CT molecular complexity index is 345. The van der Waals surface area contributed by atoms with Crippen molar-refractivity contribution in [2.24, 2.45) is 0 Å². The molecule has 0 aromatic carbocycles. The van der Waals surface area contributed by atoms with Crippen LogP contribution in [0.3, 0.4) is 0 Å². The zero-order valence-electron chi connectivity index (χ0n) is 7.87. The van der Waals surface area contributed by atoms with Crippen LogP contribution >= 0.6 is 0 Å². The summed E-state index contributed by atoms with van der Waals surface area (Å²) in [5.41, 5.74) is 3.05. The highest BCUT2D eigenvalue weighted by Gasteiger charge is 2.19. The van der Waals surface area contributed by atoms with Crippen molar-refractivity contribution in [3.63, 3.8) is 0 Å². The molecule has 0 saturated heterocycles. The Morgan fingerprint density at radius 3 is 2.79 bits per heavy atom. The fourth-order valence-electron chi connectivity index (χ4n) is 0.922. The normalized spacial score (nSPS) is 15.9. The number of aldehydes is 1. The summed E-state index contributed by atoms with van der Waals surface area (Å²) in [6, 6.07) is 0. The van der Waals surface area contributed by atoms with Gasteiger partial charge in [0.15, 0.2) is 11.9 Å². The number of carbonyl (C=O) groups is 2. The number of hydrogen-bond acceptors (Lipinski definition) is 4. The minimum absolute atomic E-state index is 0.186. The number of ether oxygens (including phenoxy) is 2. The molecule has 0 atom stereocenters. The van der Waals surface area contributed by atoms with Crippen molar-refractivity contribution < 1.29 is 19.1 Å². The topological polar surface area (TPSA) is 52.6 Å². The van der Waals surface area contributed by atoms with Gasteiger partial charge in [0, 0.05) is 19.6 Å². The largest absolute Gasteiger partial charge is 0.419 e. The second-order valence-corrected chi connectivity index (χ2v) is 2.54. The molecule has 4 heteroatoms. The molecular formula is C10H9O4. The highest BCUT2D eigenvalue weighted by atomic mass is 16.6. The van der Waals surface area contributed by atoms with Gasteiger partial charge in [-0.2, -0.15) is 0 Å². The van der Waals surface area contributed by atoms with Crippen LogP contribution in [0.15, 0.2) is 29.2 Å². The molecule has 4 nitrogen and oxygen atoms in total. The molecule has 1 radical (unpaired) electrons. The highest BCUT2D eigenvalue weighted by Crippen LogP contribution is 2.21. The minimum Gasteiger partial charge on any atom is -0.419 e. The number of esters is 1. The van der Waals surface area contributed by atoms with Crippen molar-refractivity contribution in [3.8, 4) is 0 Å². The smallest absolute Gasteiger partial charge is 0.308 e. The van der Waals surface area contributed by atoms with Crippen LogP contribution in [0.2, 0.25) is 0 Å². The molecule has 0 bridgehead atoms. The molecule has 0 amide bonds. The van der Waals surface area contributed by atoms with Gasteiger partial charge >= 0.3 is 5.97 Å². The number of allylic oxidation sites excluding steroid dienone is 1. The molecule has 73 valence electrons. The first-order chi connectivity index (χ1) is 6.67. The van der Waals surface area contributed by atoms with Crippen LogP contribution < -0.4 is 0 Å². The highest BCUT2D eigenvalue weighted by molar-refractivity contribution is 5.79. The maximum atomic E-state index is 10.7. The van der Waals surface area contributed by atoms with Gasteiger partial charge in [0.05, 0.1) is 0 Å². The van der Waals surface area contributed by atoms with Crippen molar-refractivity contribution >= 4 is 12.3 Å². The molecule has 0 aromatic heterocycles. The summed E-state index contributed by atoms with van der Waals surface area (Å²) in [4.78, 5) is 21.1. The molecule has 14 heavy (non-hydrogen) atoms. The minimum atomic E-state index is -0.460. The molecular weight excluding hydrogens is 184 g/mol. The third kappa shape index (κ3) is 2.42. The molecule has 0 aliphatic heterocycles. The third-order valence-electron chi connectivity index (χ3n) is 1.49. The van der Waals surface area contributed by atoms with E-state index < -0.39 is 5.97 Å². The van der Waals surface area contributed by atoms with E-state index in [9.17, 15) is 9.59 Å². The van der Waals surface area contributed by atoms with Crippen molar-refractivity contribution in [3.05, 3.63) is 35.3 Å². The van der Waals surface area contributed by atoms with E-state index in [1.54, 1.807) is 0 Å². The Balaban J connectivity index is 2.91. The third-order valence-corrected chi connectivity index (χ3v) is 1.49. The Morgan fingerprint density at radius 2 is 2.29 bits per heavy atom. The first-order valence-electron chi connectivity index (χ1n) is 3.90. The summed E-state index contributed by atoms with van der Waals surface area (Å²) < 4.78 is 9.72. The number of carbonyl (C=O) groups excluding carboxylic acids is 2. The van der Waals surface area contributed by atoms with Crippen LogP contribution in [0, 0.1) is 6.10 Å². The monoisotopic (exact) mass is 193 g/mol. The summed E-state index contributed by atoms with van der Waals surface area (Å²) in [7, 11) is 1.42. The maximum Gasteiger partial charge on any atom is 0.308 e. The Labute approximate surface area is 81.5 Å². The van der Waals surface area contributed by atoms with Crippen LogP contribution in [0.25, 0.3) is 0 Å². The first-order valence-corrected chi connectivity index (χ1v) is 3.90. The fraction of sp³-hybridized carbons (Fsp3) is 0.200. The van der Waals surface area contributed by atoms with E-state index >= 15 is 0 Å². The zero-order valence-corrected chi connectivity index (χ0v) is 7.87. The molecule has 0 aromatic rings. The van der Waals surface area contributed by atoms with Crippen LogP contribution in [0.4, 0.5) is 0 Å². The second-order valence-electron chi connectivity index (χ2n) is 2.54. The SMILES string of the molecule is CO[C]1C=C(C=O)C=C=C1OC(C)=O. The lowest BCUT2D eigenvalue weighted by Crippen LogP contribution is -2.10. The summed E-state index contributed by atoms with van der Waals surface area (Å²) in [6.45, 7) is 1.28. The standard InChI is InChI=1S/C10H9O4/c1-7(12)14-9-4-3-8(6-11)5-10(9)13-2/h3,5-6H,1-2H3. The maximum absolute atomic E-state index is 10.7. The average Bonchev–Trinajstić information content (AvgIpc) is 2.17. The predicted molar refractivity (Wildman–Crippen MR) is 47.8 cm³/mol. The van der Waals surface area contributed by atoms with Gasteiger partial charge in [-0.05, 0) is 12.2 Å². The van der Waals surface area contributed by atoms with Crippen molar-refractivity contribution in [1.29, 1.82) is 0 Å². The van der Waals surface area contributed by atoms with Gasteiger partial charge in [-0.15, -0.1) is 0 Å². The lowest BCUT2D eigenvalue weighted by atomic mass is 10.1. The Morgan fingerprint density at radius 1 is 1.57 bits per heavy atom. The average molecular weight is 193 g/mol. The van der Waals surface area contributed by atoms with Gasteiger partial charge in [-0.3, -0.25) is 9.59 Å². The lowest BCUT2D eigenvalue weighted by Gasteiger charge is -2.13. The van der Waals surface area contributed by atoms with E-state index in [0.717, 1.165) is 0 Å². The summed E-state index contributed by atoms with van der Waals surface area (Å²) in [6.07, 6.45) is 3.87. The van der Waals surface area contributed by atoms with Crippen LogP contribution in [-0.2, 0) is 19.1 Å². The molecule has 0 unspecified atom stereocenters. The summed E-state index contributed by atoms with van der Waals surface area (Å²) in [5.74, 6) is -0.274. The second kappa shape index (κ2) is 4.56. The van der Waals surface area contributed by atoms with E-state index in [2.05, 4.69) is 5.73 Å². The van der Waals surface area contributed by atoms with Crippen molar-refractivity contribution in [1.82, 2.24) is 0 Å². The molecule has 1 aliphatic rings. The van der Waals surface area contributed by atoms with E-state index in [-0.39, 0.29) is 5.76 Å². The van der Waals surface area contributed by atoms with Gasteiger partial charge < -0.3 is 9.47 Å². The summed E-state index contributed by atoms with van der Waals surface area (Å²) >= 11 is 0. The number of hydrogen-bond donors (Lipinski definition) is 0. The quantitative estimate of drug-likeness (QED) is 0.379. The fourth-order valence-corrected chi connectivity index (χ4v) is 0.922. The van der Waals surface area contributed by atoms with Crippen LogP contribution in [-0.4, -0.2) is 19.4 Å². The Hall–Kier alpha value is -1.64. The van der Waals surface area contributed by atoms with Gasteiger partial charge in [0.1, 0.15) is 6.29 Å². The predicted octanol–water partition coefficient (Wildman–Crippen LogP) is 0.906. The molecule has 0 N–H and O–H groups in total. The van der Waals surface area contributed by atoms with E-state index in [1.807, 2.05) is 0 Å². The van der Waals surface area contributed by atoms with Crippen molar-refractivity contribution in [2.75, 3.05) is 7.11 Å². The van der Waals surface area contributed by atoms with Gasteiger partial charge in [-0.25, -0.2) is 0 Å². The first kappa shape index (κ1) is 10.4. The lowest BCUT2D eigenvalue weighted by molar-refractivity contribution is -0.137. The van der Waals surface area contributed by atoms with E-state index in [1.165, 1.54) is 26.2 Å². The van der Waals surface area contributed by atoms with Gasteiger partial charge in [0.25, 0.3) is 0 Å². The van der Waals surface area contributed by atoms with Crippen LogP contribution in [0.5, 0.6) is 0 Å². The number of rotatable bonds is 3. The molecule has 0 fully saturated rings. The van der Waals surface area contributed by atoms with Crippen LogP contribution in [0.1, 0.15) is 6.92 Å². The van der Waals surface area contributed by atoms with Crippen molar-refractivity contribution in [2.45, 2.75) is 6.92 Å². The molecule has 0 saturated carbocycles.